The lowest BCUT2D eigenvalue weighted by molar-refractivity contribution is -0.142. The number of halogens is 2. The van der Waals surface area contributed by atoms with E-state index in [9.17, 15) is 23.1 Å². The van der Waals surface area contributed by atoms with Gasteiger partial charge in [0.25, 0.3) is 0 Å². The van der Waals surface area contributed by atoms with E-state index in [1.165, 1.54) is 0 Å². The summed E-state index contributed by atoms with van der Waals surface area (Å²) in [5.74, 6) is 0.785. The van der Waals surface area contributed by atoms with E-state index in [-0.39, 0.29) is 26.0 Å². The summed E-state index contributed by atoms with van der Waals surface area (Å²) in [6.45, 7) is 4.21. The van der Waals surface area contributed by atoms with E-state index >= 15 is 0 Å². The third kappa shape index (κ3) is 9.29. The number of aromatic nitrogens is 1. The SMILES string of the molecule is Cc1nccc(Oc2ccc(C[C@H](NC(=O)[C@@H]3Cc4cc5c(cc4CN3S(C)(=O)=O)O[C@@H](c3ccc(OCc4ccc(Cl)c(Cl)c4)cc3)CO5)C(=O)O)cc2)c1C. The zero-order valence-electron chi connectivity index (χ0n) is 31.2. The van der Waals surface area contributed by atoms with Gasteiger partial charge in [-0.1, -0.05) is 53.5 Å². The third-order valence-corrected chi connectivity index (χ3v) is 12.0. The highest BCUT2D eigenvalue weighted by Gasteiger charge is 2.39. The number of rotatable bonds is 12. The summed E-state index contributed by atoms with van der Waals surface area (Å²) in [4.78, 5) is 30.4. The lowest BCUT2D eigenvalue weighted by atomic mass is 9.94. The van der Waals surface area contributed by atoms with Crippen molar-refractivity contribution in [3.63, 3.8) is 0 Å². The van der Waals surface area contributed by atoms with Gasteiger partial charge in [0, 0.05) is 30.4 Å². The molecule has 0 spiro atoms. The monoisotopic (exact) mass is 831 g/mol. The molecule has 7 rings (SSSR count). The largest absolute Gasteiger partial charge is 0.489 e. The highest BCUT2D eigenvalue weighted by molar-refractivity contribution is 7.88. The Bertz CT molecular complexity index is 2430. The van der Waals surface area contributed by atoms with Crippen LogP contribution in [0.3, 0.4) is 0 Å². The molecule has 12 nitrogen and oxygen atoms in total. The number of carboxylic acid groups (broad SMARTS) is 1. The summed E-state index contributed by atoms with van der Waals surface area (Å²) in [5.41, 5.74) is 5.45. The van der Waals surface area contributed by atoms with Crippen molar-refractivity contribution in [1.82, 2.24) is 14.6 Å². The number of carbonyl (C=O) groups is 2. The van der Waals surface area contributed by atoms with Crippen LogP contribution in [0, 0.1) is 13.8 Å². The zero-order valence-corrected chi connectivity index (χ0v) is 33.5. The van der Waals surface area contributed by atoms with Gasteiger partial charge >= 0.3 is 5.97 Å². The van der Waals surface area contributed by atoms with Gasteiger partial charge in [-0.15, -0.1) is 0 Å². The Balaban J connectivity index is 1.01. The van der Waals surface area contributed by atoms with Crippen LogP contribution in [0.25, 0.3) is 0 Å². The predicted octanol–water partition coefficient (Wildman–Crippen LogP) is 7.39. The molecule has 1 aromatic heterocycles. The molecule has 15 heteroatoms. The molecule has 57 heavy (non-hydrogen) atoms. The van der Waals surface area contributed by atoms with E-state index in [0.29, 0.717) is 62.1 Å². The first-order valence-electron chi connectivity index (χ1n) is 18.0. The van der Waals surface area contributed by atoms with Crippen LogP contribution in [0.15, 0.2) is 91.1 Å². The molecule has 0 aliphatic carbocycles. The van der Waals surface area contributed by atoms with Gasteiger partial charge in [0.1, 0.15) is 42.5 Å². The van der Waals surface area contributed by atoms with Crippen LogP contribution in [0.1, 0.15) is 45.2 Å². The van der Waals surface area contributed by atoms with Gasteiger partial charge in [0.2, 0.25) is 15.9 Å². The highest BCUT2D eigenvalue weighted by atomic mass is 35.5. The average molecular weight is 833 g/mol. The first-order valence-corrected chi connectivity index (χ1v) is 20.6. The van der Waals surface area contributed by atoms with Crippen LogP contribution in [0.2, 0.25) is 10.0 Å². The summed E-state index contributed by atoms with van der Waals surface area (Å²) in [6.07, 6.45) is 2.21. The zero-order chi connectivity index (χ0) is 40.4. The lowest BCUT2D eigenvalue weighted by Crippen LogP contribution is -2.55. The first-order chi connectivity index (χ1) is 27.2. The number of aryl methyl sites for hydroxylation is 1. The molecule has 1 amide bonds. The summed E-state index contributed by atoms with van der Waals surface area (Å²) in [7, 11) is -3.91. The maximum Gasteiger partial charge on any atom is 0.326 e. The van der Waals surface area contributed by atoms with Crippen LogP contribution in [-0.2, 0) is 45.6 Å². The quantitative estimate of drug-likeness (QED) is 0.130. The minimum absolute atomic E-state index is 0.00423. The number of aliphatic carboxylic acids is 1. The second kappa shape index (κ2) is 16.6. The molecule has 0 unspecified atom stereocenters. The van der Waals surface area contributed by atoms with Gasteiger partial charge in [0.05, 0.1) is 16.3 Å². The summed E-state index contributed by atoms with van der Waals surface area (Å²) < 4.78 is 51.6. The molecule has 2 aliphatic rings. The number of pyridine rings is 1. The molecular weight excluding hydrogens is 793 g/mol. The molecule has 2 aliphatic heterocycles. The number of nitrogens with one attached hydrogen (secondary N) is 1. The maximum atomic E-state index is 13.8. The topological polar surface area (TPSA) is 154 Å². The molecule has 296 valence electrons. The summed E-state index contributed by atoms with van der Waals surface area (Å²) in [5, 5.41) is 13.6. The fourth-order valence-electron chi connectivity index (χ4n) is 6.69. The molecule has 2 N–H and O–H groups in total. The van der Waals surface area contributed by atoms with Crippen molar-refractivity contribution in [2.24, 2.45) is 0 Å². The Morgan fingerprint density at radius 1 is 0.930 bits per heavy atom. The van der Waals surface area contributed by atoms with Crippen molar-refractivity contribution in [2.45, 2.75) is 58.0 Å². The first kappa shape index (κ1) is 39.9. The Morgan fingerprint density at radius 2 is 1.63 bits per heavy atom. The molecular formula is C42H39Cl2N3O9S. The molecule has 4 aromatic carbocycles. The smallest absolute Gasteiger partial charge is 0.326 e. The Hall–Kier alpha value is -5.34. The molecule has 0 radical (unpaired) electrons. The van der Waals surface area contributed by atoms with E-state index in [4.69, 9.17) is 42.1 Å². The van der Waals surface area contributed by atoms with Gasteiger partial charge in [-0.25, -0.2) is 13.2 Å². The normalized spacial score (nSPS) is 16.9. The molecule has 0 saturated carbocycles. The minimum atomic E-state index is -3.91. The van der Waals surface area contributed by atoms with Crippen molar-refractivity contribution in [2.75, 3.05) is 12.9 Å². The predicted molar refractivity (Wildman–Crippen MR) is 214 cm³/mol. The average Bonchev–Trinajstić information content (AvgIpc) is 3.18. The highest BCUT2D eigenvalue weighted by Crippen LogP contribution is 2.41. The summed E-state index contributed by atoms with van der Waals surface area (Å²) in [6, 6.07) is 22.4. The number of carbonyl (C=O) groups excluding carboxylic acids is 1. The maximum absolute atomic E-state index is 13.8. The van der Waals surface area contributed by atoms with E-state index in [0.717, 1.165) is 32.9 Å². The lowest BCUT2D eigenvalue weighted by Gasteiger charge is -2.36. The molecule has 3 heterocycles. The van der Waals surface area contributed by atoms with Crippen LogP contribution < -0.4 is 24.3 Å². The number of carboxylic acids is 1. The van der Waals surface area contributed by atoms with Gasteiger partial charge in [-0.05, 0) is 103 Å². The van der Waals surface area contributed by atoms with Crippen molar-refractivity contribution in [1.29, 1.82) is 0 Å². The van der Waals surface area contributed by atoms with E-state index < -0.39 is 40.1 Å². The van der Waals surface area contributed by atoms with Gasteiger partial charge in [-0.3, -0.25) is 9.78 Å². The van der Waals surface area contributed by atoms with Crippen molar-refractivity contribution in [3.05, 3.63) is 140 Å². The van der Waals surface area contributed by atoms with Gasteiger partial charge in [0.15, 0.2) is 17.6 Å². The number of sulfonamides is 1. The van der Waals surface area contributed by atoms with E-state index in [1.54, 1.807) is 60.8 Å². The fourth-order valence-corrected chi connectivity index (χ4v) is 8.02. The Labute approximate surface area is 340 Å². The number of hydrogen-bond acceptors (Lipinski definition) is 9. The second-order valence-corrected chi connectivity index (χ2v) is 16.7. The number of nitrogens with zero attached hydrogens (tertiary/aromatic N) is 2. The van der Waals surface area contributed by atoms with E-state index in [2.05, 4.69) is 10.3 Å². The molecule has 3 atom stereocenters. The van der Waals surface area contributed by atoms with Crippen LogP contribution in [0.5, 0.6) is 28.7 Å². The van der Waals surface area contributed by atoms with Crippen molar-refractivity contribution < 1.29 is 42.1 Å². The standard InChI is InChI=1S/C42H39Cl2N3O9S/c1-24-25(2)45-15-14-37(24)55-32-9-4-26(5-10-32)17-35(42(49)50)46-41(48)36-18-29-19-38-39(20-30(29)21-47(36)57(3,51)52)56-40(23-54-38)28-7-11-31(12-8-28)53-22-27-6-13-33(43)34(44)16-27/h4-16,19-20,35-36,40H,17-18,21-23H2,1-3H3,(H,46,48)(H,49,50)/t35-,36-,40+/m0/s1. The van der Waals surface area contributed by atoms with Gasteiger partial charge in [-0.2, -0.15) is 4.31 Å². The Morgan fingerprint density at radius 3 is 2.33 bits per heavy atom. The molecule has 0 fully saturated rings. The third-order valence-electron chi connectivity index (χ3n) is 9.99. The number of benzene rings is 4. The number of amides is 1. The van der Waals surface area contributed by atoms with Crippen LogP contribution >= 0.6 is 23.2 Å². The van der Waals surface area contributed by atoms with Gasteiger partial charge < -0.3 is 29.4 Å². The van der Waals surface area contributed by atoms with Crippen molar-refractivity contribution >= 4 is 45.1 Å². The van der Waals surface area contributed by atoms with Crippen LogP contribution in [0.4, 0.5) is 0 Å². The molecule has 0 saturated heterocycles. The molecule has 0 bridgehead atoms. The Kier molecular flexibility index (Phi) is 11.6. The minimum Gasteiger partial charge on any atom is -0.489 e. The summed E-state index contributed by atoms with van der Waals surface area (Å²) >= 11 is 12.1. The molecule has 5 aromatic rings. The number of fused-ring (bicyclic) bond motifs is 2. The van der Waals surface area contributed by atoms with E-state index in [1.807, 2.05) is 44.2 Å². The number of hydrogen-bond donors (Lipinski definition) is 2. The fraction of sp³-hybridized carbons (Fsp3) is 0.262. The number of ether oxygens (including phenoxy) is 4. The second-order valence-electron chi connectivity index (χ2n) is 14.0. The van der Waals surface area contributed by atoms with Crippen LogP contribution in [-0.4, -0.2) is 59.6 Å². The van der Waals surface area contributed by atoms with Crippen molar-refractivity contribution in [3.8, 4) is 28.7 Å².